The summed E-state index contributed by atoms with van der Waals surface area (Å²) in [6.45, 7) is 1.86. The standard InChI is InChI=1S/C36H29N3O5S/c1-5-19-44-28-17-15-23-11-9-10-14-26(23)27(28)21-31-35(41)39-33(24-16-18-29(42-3)30(20-24)43-4)32(22(2)37-36(39)45-31)34(40)38-25-12-7-6-8-13-25/h1,6-18,20-21,33H,19H2,2-4H3,(H,38,40)/b31-21-/t33-/m1/s1. The quantitative estimate of drug-likeness (QED) is 0.247. The Labute approximate surface area is 263 Å². The number of thiazole rings is 1. The molecule has 0 aliphatic carbocycles. The van der Waals surface area contributed by atoms with E-state index in [1.54, 1.807) is 50.0 Å². The Morgan fingerprint density at radius 1 is 1.00 bits per heavy atom. The fourth-order valence-corrected chi connectivity index (χ4v) is 6.50. The number of amides is 1. The van der Waals surface area contributed by atoms with E-state index in [1.165, 1.54) is 11.3 Å². The number of ether oxygens (including phenoxy) is 3. The van der Waals surface area contributed by atoms with Crippen molar-refractivity contribution >= 4 is 39.8 Å². The van der Waals surface area contributed by atoms with Gasteiger partial charge in [0.25, 0.3) is 11.5 Å². The number of hydrogen-bond donors (Lipinski definition) is 1. The number of carbonyl (C=O) groups is 1. The van der Waals surface area contributed by atoms with Gasteiger partial charge >= 0.3 is 0 Å². The second-order valence-corrected chi connectivity index (χ2v) is 11.2. The van der Waals surface area contributed by atoms with Crippen LogP contribution in [-0.4, -0.2) is 31.3 Å². The van der Waals surface area contributed by atoms with Crippen LogP contribution in [0, 0.1) is 12.3 Å². The van der Waals surface area contributed by atoms with Crippen molar-refractivity contribution in [2.45, 2.75) is 13.0 Å². The SMILES string of the molecule is C#CCOc1ccc2ccccc2c1/C=c1\sc2n(c1=O)[C@H](c1ccc(OC)c(OC)c1)C(C(=O)Nc1ccccc1)=C(C)N=2. The first-order chi connectivity index (χ1) is 21.9. The van der Waals surface area contributed by atoms with Crippen molar-refractivity contribution in [2.24, 2.45) is 4.99 Å². The van der Waals surface area contributed by atoms with E-state index in [1.807, 2.05) is 66.7 Å². The zero-order valence-electron chi connectivity index (χ0n) is 24.9. The maximum atomic E-state index is 14.4. The van der Waals surface area contributed by atoms with Crippen molar-refractivity contribution in [3.05, 3.63) is 127 Å². The fourth-order valence-electron chi connectivity index (χ4n) is 5.47. The van der Waals surface area contributed by atoms with E-state index in [2.05, 4.69) is 11.2 Å². The normalized spacial score (nSPS) is 14.4. The van der Waals surface area contributed by atoms with Crippen LogP contribution >= 0.6 is 11.3 Å². The molecule has 0 radical (unpaired) electrons. The molecule has 1 amide bonds. The maximum Gasteiger partial charge on any atom is 0.271 e. The molecule has 1 aliphatic heterocycles. The molecule has 1 N–H and O–H groups in total. The molecule has 0 unspecified atom stereocenters. The van der Waals surface area contributed by atoms with E-state index in [0.717, 1.165) is 16.3 Å². The number of allylic oxidation sites excluding steroid dienone is 1. The van der Waals surface area contributed by atoms with Gasteiger partial charge in [-0.05, 0) is 59.7 Å². The van der Waals surface area contributed by atoms with Crippen LogP contribution in [0.3, 0.4) is 0 Å². The molecule has 0 fully saturated rings. The third-order valence-corrected chi connectivity index (χ3v) is 8.52. The van der Waals surface area contributed by atoms with E-state index in [9.17, 15) is 9.59 Å². The Hall–Kier alpha value is -5.59. The molecule has 1 atom stereocenters. The number of methoxy groups -OCH3 is 2. The average Bonchev–Trinajstić information content (AvgIpc) is 3.37. The molecule has 0 saturated carbocycles. The number of nitrogens with zero attached hydrogens (tertiary/aromatic N) is 2. The summed E-state index contributed by atoms with van der Waals surface area (Å²) in [7, 11) is 3.10. The first-order valence-corrected chi connectivity index (χ1v) is 14.9. The Bertz CT molecular complexity index is 2190. The van der Waals surface area contributed by atoms with Gasteiger partial charge in [-0.1, -0.05) is 71.9 Å². The van der Waals surface area contributed by atoms with Gasteiger partial charge in [0, 0.05) is 11.3 Å². The van der Waals surface area contributed by atoms with Gasteiger partial charge in [-0.3, -0.25) is 14.2 Å². The summed E-state index contributed by atoms with van der Waals surface area (Å²) in [5, 5.41) is 4.87. The second-order valence-electron chi connectivity index (χ2n) is 10.2. The molecule has 8 nitrogen and oxygen atoms in total. The van der Waals surface area contributed by atoms with E-state index in [4.69, 9.17) is 25.6 Å². The largest absolute Gasteiger partial charge is 0.493 e. The van der Waals surface area contributed by atoms with Crippen LogP contribution < -0.4 is 34.4 Å². The molecule has 9 heteroatoms. The Morgan fingerprint density at radius 2 is 1.73 bits per heavy atom. The average molecular weight is 616 g/mol. The molecule has 0 bridgehead atoms. The van der Waals surface area contributed by atoms with Crippen molar-refractivity contribution in [1.29, 1.82) is 0 Å². The monoisotopic (exact) mass is 615 g/mol. The lowest BCUT2D eigenvalue weighted by atomic mass is 9.94. The summed E-state index contributed by atoms with van der Waals surface area (Å²) in [5.41, 5.74) is 2.56. The van der Waals surface area contributed by atoms with Crippen LogP contribution in [0.15, 0.2) is 106 Å². The van der Waals surface area contributed by atoms with Crippen molar-refractivity contribution in [3.8, 4) is 29.6 Å². The smallest absolute Gasteiger partial charge is 0.271 e. The molecule has 5 aromatic rings. The van der Waals surface area contributed by atoms with Crippen LogP contribution in [-0.2, 0) is 4.79 Å². The van der Waals surface area contributed by atoms with Gasteiger partial charge in [0.2, 0.25) is 0 Å². The molecule has 0 saturated heterocycles. The Balaban J connectivity index is 1.57. The molecule has 6 rings (SSSR count). The molecule has 45 heavy (non-hydrogen) atoms. The number of para-hydroxylation sites is 1. The summed E-state index contributed by atoms with van der Waals surface area (Å²) < 4.78 is 18.9. The second kappa shape index (κ2) is 12.6. The highest BCUT2D eigenvalue weighted by molar-refractivity contribution is 7.07. The van der Waals surface area contributed by atoms with Crippen molar-refractivity contribution in [2.75, 3.05) is 26.1 Å². The van der Waals surface area contributed by atoms with Crippen molar-refractivity contribution < 1.29 is 19.0 Å². The number of hydrogen-bond acceptors (Lipinski definition) is 7. The van der Waals surface area contributed by atoms with Crippen molar-refractivity contribution in [1.82, 2.24) is 4.57 Å². The fraction of sp³-hybridized carbons (Fsp3) is 0.139. The van der Waals surface area contributed by atoms with E-state index < -0.39 is 6.04 Å². The third-order valence-electron chi connectivity index (χ3n) is 7.54. The van der Waals surface area contributed by atoms with Gasteiger partial charge < -0.3 is 19.5 Å². The predicted molar refractivity (Wildman–Crippen MR) is 177 cm³/mol. The minimum absolute atomic E-state index is 0.0822. The number of carbonyl (C=O) groups excluding carboxylic acids is 1. The van der Waals surface area contributed by atoms with Crippen LogP contribution in [0.1, 0.15) is 24.1 Å². The van der Waals surface area contributed by atoms with Crippen LogP contribution in [0.25, 0.3) is 16.8 Å². The molecule has 0 spiro atoms. The van der Waals surface area contributed by atoms with Gasteiger partial charge in [-0.25, -0.2) is 4.99 Å². The number of nitrogens with one attached hydrogen (secondary N) is 1. The molecular weight excluding hydrogens is 586 g/mol. The number of anilines is 1. The minimum atomic E-state index is -0.795. The highest BCUT2D eigenvalue weighted by Crippen LogP contribution is 2.36. The van der Waals surface area contributed by atoms with E-state index >= 15 is 0 Å². The topological polar surface area (TPSA) is 91.1 Å². The lowest BCUT2D eigenvalue weighted by Gasteiger charge is -2.26. The van der Waals surface area contributed by atoms with Crippen molar-refractivity contribution in [3.63, 3.8) is 0 Å². The van der Waals surface area contributed by atoms with Gasteiger partial charge in [0.05, 0.1) is 36.1 Å². The van der Waals surface area contributed by atoms with Gasteiger partial charge in [-0.2, -0.15) is 0 Å². The molecule has 1 aliphatic rings. The number of aromatic nitrogens is 1. The Morgan fingerprint density at radius 3 is 2.49 bits per heavy atom. The van der Waals surface area contributed by atoms with E-state index in [0.29, 0.717) is 49.1 Å². The zero-order valence-corrected chi connectivity index (χ0v) is 25.7. The summed E-state index contributed by atoms with van der Waals surface area (Å²) in [6.07, 6.45) is 7.30. The number of benzene rings is 4. The summed E-state index contributed by atoms with van der Waals surface area (Å²) in [4.78, 5) is 33.5. The van der Waals surface area contributed by atoms with Gasteiger partial charge in [0.1, 0.15) is 12.4 Å². The minimum Gasteiger partial charge on any atom is -0.493 e. The summed E-state index contributed by atoms with van der Waals surface area (Å²) in [5.74, 6) is 3.71. The molecular formula is C36H29N3O5S. The predicted octanol–water partition coefficient (Wildman–Crippen LogP) is 5.06. The highest BCUT2D eigenvalue weighted by atomic mass is 32.1. The number of terminal acetylenes is 1. The first-order valence-electron chi connectivity index (χ1n) is 14.1. The lowest BCUT2D eigenvalue weighted by molar-refractivity contribution is -0.113. The Kier molecular flexibility index (Phi) is 8.23. The van der Waals surface area contributed by atoms with Gasteiger partial charge in [0.15, 0.2) is 16.3 Å². The van der Waals surface area contributed by atoms with Crippen LogP contribution in [0.2, 0.25) is 0 Å². The molecule has 4 aromatic carbocycles. The highest BCUT2D eigenvalue weighted by Gasteiger charge is 2.33. The molecule has 2 heterocycles. The van der Waals surface area contributed by atoms with E-state index in [-0.39, 0.29) is 18.1 Å². The number of fused-ring (bicyclic) bond motifs is 2. The maximum absolute atomic E-state index is 14.4. The van der Waals surface area contributed by atoms with Crippen LogP contribution in [0.5, 0.6) is 17.2 Å². The number of rotatable bonds is 8. The first kappa shape index (κ1) is 29.5. The van der Waals surface area contributed by atoms with Gasteiger partial charge in [-0.15, -0.1) is 6.42 Å². The zero-order chi connectivity index (χ0) is 31.5. The lowest BCUT2D eigenvalue weighted by Crippen LogP contribution is -2.40. The summed E-state index contributed by atoms with van der Waals surface area (Å²) >= 11 is 1.25. The molecule has 1 aromatic heterocycles. The third kappa shape index (κ3) is 5.59. The summed E-state index contributed by atoms with van der Waals surface area (Å²) in [6, 6.07) is 25.4. The van der Waals surface area contributed by atoms with Crippen LogP contribution in [0.4, 0.5) is 5.69 Å². The molecule has 224 valence electrons.